The van der Waals surface area contributed by atoms with E-state index in [0.29, 0.717) is 25.8 Å². The van der Waals surface area contributed by atoms with Crippen molar-refractivity contribution in [2.45, 2.75) is 69.9 Å². The van der Waals surface area contributed by atoms with Crippen LogP contribution in [0, 0.1) is 0 Å². The van der Waals surface area contributed by atoms with Gasteiger partial charge in [-0.2, -0.15) is 0 Å². The summed E-state index contributed by atoms with van der Waals surface area (Å²) in [4.78, 5) is 28.2. The summed E-state index contributed by atoms with van der Waals surface area (Å²) in [6, 6.07) is 17.6. The number of rotatable bonds is 14. The molecule has 0 radical (unpaired) electrons. The Balaban J connectivity index is 2.08. The SMILES string of the molecule is CC[C@@H](C)NC(=O)[C@@H](CC)N(CCc1ccccc1)C(=O)CCCN(C)S(=O)(=O)c1ccccc1. The number of amides is 2. The van der Waals surface area contributed by atoms with Crippen molar-refractivity contribution in [2.24, 2.45) is 0 Å². The van der Waals surface area contributed by atoms with Crippen molar-refractivity contribution in [3.05, 3.63) is 66.2 Å². The predicted octanol–water partition coefficient (Wildman–Crippen LogP) is 3.85. The molecule has 35 heavy (non-hydrogen) atoms. The molecule has 0 unspecified atom stereocenters. The van der Waals surface area contributed by atoms with Crippen LogP contribution in [0.15, 0.2) is 65.6 Å². The van der Waals surface area contributed by atoms with Gasteiger partial charge in [-0.15, -0.1) is 0 Å². The van der Waals surface area contributed by atoms with Crippen molar-refractivity contribution < 1.29 is 18.0 Å². The molecule has 0 aromatic heterocycles. The zero-order valence-electron chi connectivity index (χ0n) is 21.3. The fraction of sp³-hybridized carbons (Fsp3) is 0.481. The largest absolute Gasteiger partial charge is 0.352 e. The minimum absolute atomic E-state index is 0.0273. The second kappa shape index (κ2) is 14.0. The highest BCUT2D eigenvalue weighted by atomic mass is 32.2. The van der Waals surface area contributed by atoms with Crippen molar-refractivity contribution in [3.63, 3.8) is 0 Å². The number of nitrogens with one attached hydrogen (secondary N) is 1. The van der Waals surface area contributed by atoms with Crippen LogP contribution < -0.4 is 5.32 Å². The van der Waals surface area contributed by atoms with Gasteiger partial charge >= 0.3 is 0 Å². The lowest BCUT2D eigenvalue weighted by molar-refractivity contribution is -0.141. The van der Waals surface area contributed by atoms with Crippen molar-refractivity contribution in [3.8, 4) is 0 Å². The number of nitrogens with zero attached hydrogens (tertiary/aromatic N) is 2. The summed E-state index contributed by atoms with van der Waals surface area (Å²) in [6.07, 6.45) is 2.48. The molecule has 0 aliphatic heterocycles. The Kier molecular flexibility index (Phi) is 11.4. The second-order valence-electron chi connectivity index (χ2n) is 8.81. The van der Waals surface area contributed by atoms with E-state index in [9.17, 15) is 18.0 Å². The predicted molar refractivity (Wildman–Crippen MR) is 139 cm³/mol. The van der Waals surface area contributed by atoms with E-state index in [4.69, 9.17) is 0 Å². The van der Waals surface area contributed by atoms with Crippen molar-refractivity contribution >= 4 is 21.8 Å². The van der Waals surface area contributed by atoms with E-state index in [1.54, 1.807) is 35.2 Å². The molecule has 0 saturated heterocycles. The standard InChI is InChI=1S/C27H39N3O4S/c1-5-22(3)28-27(32)25(6-2)30(21-19-23-14-9-7-10-15-23)26(31)18-13-20-29(4)35(33,34)24-16-11-8-12-17-24/h7-12,14-17,22,25H,5-6,13,18-21H2,1-4H3,(H,28,32)/t22-,25-/m1/s1. The molecule has 2 aromatic rings. The van der Waals surface area contributed by atoms with Crippen molar-refractivity contribution in [1.29, 1.82) is 0 Å². The van der Waals surface area contributed by atoms with Crippen LogP contribution in [0.25, 0.3) is 0 Å². The van der Waals surface area contributed by atoms with Gasteiger partial charge in [-0.25, -0.2) is 12.7 Å². The van der Waals surface area contributed by atoms with Crippen LogP contribution in [0.1, 0.15) is 52.0 Å². The van der Waals surface area contributed by atoms with Gasteiger partial charge in [0.05, 0.1) is 4.90 Å². The van der Waals surface area contributed by atoms with E-state index in [-0.39, 0.29) is 35.7 Å². The first-order chi connectivity index (χ1) is 16.7. The topological polar surface area (TPSA) is 86.8 Å². The zero-order chi connectivity index (χ0) is 25.8. The highest BCUT2D eigenvalue weighted by molar-refractivity contribution is 7.89. The quantitative estimate of drug-likeness (QED) is 0.426. The van der Waals surface area contributed by atoms with E-state index in [1.165, 1.54) is 11.4 Å². The Labute approximate surface area is 210 Å². The Morgan fingerprint density at radius 3 is 2.09 bits per heavy atom. The van der Waals surface area contributed by atoms with Gasteiger partial charge < -0.3 is 10.2 Å². The van der Waals surface area contributed by atoms with Crippen molar-refractivity contribution in [2.75, 3.05) is 20.1 Å². The van der Waals surface area contributed by atoms with Gasteiger partial charge in [0.2, 0.25) is 21.8 Å². The van der Waals surface area contributed by atoms with Gasteiger partial charge in [0.25, 0.3) is 0 Å². The van der Waals surface area contributed by atoms with E-state index in [1.807, 2.05) is 51.1 Å². The second-order valence-corrected chi connectivity index (χ2v) is 10.9. The number of benzene rings is 2. The summed E-state index contributed by atoms with van der Waals surface area (Å²) in [5, 5.41) is 3.01. The smallest absolute Gasteiger partial charge is 0.243 e. The van der Waals surface area contributed by atoms with Gasteiger partial charge in [0, 0.05) is 32.6 Å². The van der Waals surface area contributed by atoms with Crippen LogP contribution in [0.3, 0.4) is 0 Å². The fourth-order valence-electron chi connectivity index (χ4n) is 3.83. The summed E-state index contributed by atoms with van der Waals surface area (Å²) in [7, 11) is -2.09. The number of hydrogen-bond donors (Lipinski definition) is 1. The molecule has 0 aliphatic rings. The van der Waals surface area contributed by atoms with E-state index >= 15 is 0 Å². The van der Waals surface area contributed by atoms with E-state index in [2.05, 4.69) is 5.32 Å². The van der Waals surface area contributed by atoms with Crippen LogP contribution in [-0.2, 0) is 26.0 Å². The van der Waals surface area contributed by atoms with Crippen LogP contribution in [0.2, 0.25) is 0 Å². The summed E-state index contributed by atoms with van der Waals surface area (Å²) < 4.78 is 26.8. The van der Waals surface area contributed by atoms with Crippen LogP contribution in [0.5, 0.6) is 0 Å². The maximum Gasteiger partial charge on any atom is 0.243 e. The maximum atomic E-state index is 13.3. The Morgan fingerprint density at radius 2 is 1.51 bits per heavy atom. The molecule has 0 fully saturated rings. The molecule has 8 heteroatoms. The first-order valence-corrected chi connectivity index (χ1v) is 13.8. The van der Waals surface area contributed by atoms with Gasteiger partial charge in [-0.05, 0) is 50.3 Å². The van der Waals surface area contributed by atoms with E-state index < -0.39 is 16.1 Å². The maximum absolute atomic E-state index is 13.3. The molecule has 0 aliphatic carbocycles. The molecule has 0 heterocycles. The Hall–Kier alpha value is -2.71. The number of hydrogen-bond acceptors (Lipinski definition) is 4. The minimum Gasteiger partial charge on any atom is -0.352 e. The number of carbonyl (C=O) groups excluding carboxylic acids is 2. The normalized spacial score (nSPS) is 13.3. The molecule has 2 aromatic carbocycles. The first-order valence-electron chi connectivity index (χ1n) is 12.4. The molecular formula is C27H39N3O4S. The van der Waals surface area contributed by atoms with Gasteiger partial charge in [-0.3, -0.25) is 9.59 Å². The molecular weight excluding hydrogens is 462 g/mol. The minimum atomic E-state index is -3.61. The van der Waals surface area contributed by atoms with Gasteiger partial charge in [0.1, 0.15) is 6.04 Å². The monoisotopic (exact) mass is 501 g/mol. The highest BCUT2D eigenvalue weighted by Crippen LogP contribution is 2.16. The molecule has 0 spiro atoms. The first kappa shape index (κ1) is 28.5. The fourth-order valence-corrected chi connectivity index (χ4v) is 5.06. The molecule has 7 nitrogen and oxygen atoms in total. The third-order valence-electron chi connectivity index (χ3n) is 6.19. The average molecular weight is 502 g/mol. The molecule has 2 atom stereocenters. The number of carbonyl (C=O) groups is 2. The molecule has 0 bridgehead atoms. The van der Waals surface area contributed by atoms with Crippen LogP contribution in [0.4, 0.5) is 0 Å². The molecule has 2 rings (SSSR count). The summed E-state index contributed by atoms with van der Waals surface area (Å²) in [5.74, 6) is -0.287. The highest BCUT2D eigenvalue weighted by Gasteiger charge is 2.29. The van der Waals surface area contributed by atoms with Gasteiger partial charge in [0.15, 0.2) is 0 Å². The molecule has 2 amide bonds. The van der Waals surface area contributed by atoms with E-state index in [0.717, 1.165) is 12.0 Å². The lowest BCUT2D eigenvalue weighted by Gasteiger charge is -2.31. The zero-order valence-corrected chi connectivity index (χ0v) is 22.1. The lowest BCUT2D eigenvalue weighted by atomic mass is 10.1. The van der Waals surface area contributed by atoms with Crippen LogP contribution >= 0.6 is 0 Å². The van der Waals surface area contributed by atoms with Crippen LogP contribution in [-0.4, -0.2) is 61.7 Å². The molecule has 1 N–H and O–H groups in total. The third kappa shape index (κ3) is 8.47. The number of sulfonamides is 1. The summed E-state index contributed by atoms with van der Waals surface area (Å²) in [6.45, 7) is 6.50. The molecule has 192 valence electrons. The third-order valence-corrected chi connectivity index (χ3v) is 8.06. The Bertz CT molecular complexity index is 1030. The van der Waals surface area contributed by atoms with Gasteiger partial charge in [-0.1, -0.05) is 62.4 Å². The lowest BCUT2D eigenvalue weighted by Crippen LogP contribution is -2.51. The summed E-state index contributed by atoms with van der Waals surface area (Å²) >= 11 is 0. The Morgan fingerprint density at radius 1 is 0.914 bits per heavy atom. The van der Waals surface area contributed by atoms with Crippen molar-refractivity contribution in [1.82, 2.24) is 14.5 Å². The average Bonchev–Trinajstić information content (AvgIpc) is 2.87. The molecule has 0 saturated carbocycles. The summed E-state index contributed by atoms with van der Waals surface area (Å²) in [5.41, 5.74) is 1.09.